The first kappa shape index (κ1) is 11.9. The van der Waals surface area contributed by atoms with E-state index in [1.54, 1.807) is 11.0 Å². The van der Waals surface area contributed by atoms with Crippen molar-refractivity contribution in [1.82, 2.24) is 15.0 Å². The molecule has 6 heteroatoms. The fourth-order valence-electron chi connectivity index (χ4n) is 2.02. The van der Waals surface area contributed by atoms with Crippen molar-refractivity contribution >= 4 is 11.9 Å². The van der Waals surface area contributed by atoms with E-state index in [1.807, 2.05) is 7.05 Å². The Bertz CT molecular complexity index is 358. The zero-order valence-electron chi connectivity index (χ0n) is 10.2. The molecule has 0 bridgehead atoms. The lowest BCUT2D eigenvalue weighted by molar-refractivity contribution is 0.156. The topological polar surface area (TPSA) is 61.6 Å². The molecule has 2 amide bonds. The van der Waals surface area contributed by atoms with Crippen LogP contribution >= 0.6 is 0 Å². The summed E-state index contributed by atoms with van der Waals surface area (Å²) in [4.78, 5) is 15.9. The van der Waals surface area contributed by atoms with E-state index in [0.717, 1.165) is 25.9 Å². The van der Waals surface area contributed by atoms with Crippen molar-refractivity contribution in [2.24, 2.45) is 0 Å². The number of nitrogens with zero attached hydrogens (tertiary/aromatic N) is 3. The van der Waals surface area contributed by atoms with E-state index in [0.29, 0.717) is 11.9 Å². The molecule has 0 atom stereocenters. The van der Waals surface area contributed by atoms with E-state index in [2.05, 4.69) is 22.4 Å². The van der Waals surface area contributed by atoms with Crippen molar-refractivity contribution in [3.63, 3.8) is 0 Å². The van der Waals surface area contributed by atoms with Crippen LogP contribution in [0.3, 0.4) is 0 Å². The van der Waals surface area contributed by atoms with Gasteiger partial charge in [-0.15, -0.1) is 0 Å². The molecule has 0 aliphatic carbocycles. The summed E-state index contributed by atoms with van der Waals surface area (Å²) < 4.78 is 4.84. The number of carbonyl (C=O) groups excluding carboxylic acids is 1. The van der Waals surface area contributed by atoms with Gasteiger partial charge in [0.1, 0.15) is 0 Å². The van der Waals surface area contributed by atoms with Crippen molar-refractivity contribution in [1.29, 1.82) is 0 Å². The van der Waals surface area contributed by atoms with Crippen LogP contribution in [0.4, 0.5) is 10.7 Å². The van der Waals surface area contributed by atoms with Crippen molar-refractivity contribution in [2.75, 3.05) is 32.5 Å². The summed E-state index contributed by atoms with van der Waals surface area (Å²) in [6.45, 7) is 2.06. The highest BCUT2D eigenvalue weighted by Crippen LogP contribution is 2.15. The van der Waals surface area contributed by atoms with Crippen molar-refractivity contribution < 1.29 is 9.32 Å². The summed E-state index contributed by atoms with van der Waals surface area (Å²) in [6, 6.07) is 1.78. The maximum absolute atomic E-state index is 11.9. The number of likely N-dealkylation sites (tertiary alicyclic amines) is 1. The van der Waals surface area contributed by atoms with Gasteiger partial charge in [0.05, 0.1) is 6.20 Å². The molecule has 0 spiro atoms. The third-order valence-electron chi connectivity index (χ3n) is 3.22. The van der Waals surface area contributed by atoms with Crippen LogP contribution in [-0.2, 0) is 0 Å². The maximum Gasteiger partial charge on any atom is 0.324 e. The summed E-state index contributed by atoms with van der Waals surface area (Å²) in [6.07, 6.45) is 3.53. The molecule has 0 unspecified atom stereocenters. The third-order valence-corrected chi connectivity index (χ3v) is 3.22. The second-order valence-corrected chi connectivity index (χ2v) is 4.45. The van der Waals surface area contributed by atoms with Crippen LogP contribution in [0.5, 0.6) is 0 Å². The number of aromatic nitrogens is 1. The summed E-state index contributed by atoms with van der Waals surface area (Å²) in [7, 11) is 3.92. The summed E-state index contributed by atoms with van der Waals surface area (Å²) >= 11 is 0. The molecule has 1 fully saturated rings. The fraction of sp³-hybridized carbons (Fsp3) is 0.636. The highest BCUT2D eigenvalue weighted by atomic mass is 16.5. The highest BCUT2D eigenvalue weighted by molar-refractivity contribution is 5.87. The monoisotopic (exact) mass is 238 g/mol. The van der Waals surface area contributed by atoms with Gasteiger partial charge >= 0.3 is 6.03 Å². The van der Waals surface area contributed by atoms with E-state index in [1.165, 1.54) is 6.20 Å². The minimum absolute atomic E-state index is 0.142. The molecule has 2 heterocycles. The zero-order chi connectivity index (χ0) is 12.3. The SMILES string of the molecule is CN1CCC(N(C)C(=O)Nc2ccno2)CC1. The molecule has 94 valence electrons. The molecule has 0 radical (unpaired) electrons. The number of carbonyl (C=O) groups is 1. The van der Waals surface area contributed by atoms with E-state index in [4.69, 9.17) is 4.52 Å². The van der Waals surface area contributed by atoms with Crippen LogP contribution < -0.4 is 5.32 Å². The summed E-state index contributed by atoms with van der Waals surface area (Å²) in [5.74, 6) is 0.384. The standard InChI is InChI=1S/C11H18N4O2/c1-14-7-4-9(5-8-14)15(2)11(16)13-10-3-6-12-17-10/h3,6,9H,4-5,7-8H2,1-2H3,(H,13,16). The number of anilines is 1. The van der Waals surface area contributed by atoms with Gasteiger partial charge in [-0.05, 0) is 33.0 Å². The molecule has 1 aliphatic heterocycles. The molecular formula is C11H18N4O2. The first-order chi connectivity index (χ1) is 8.16. The molecule has 2 rings (SSSR count). The predicted octanol–water partition coefficient (Wildman–Crippen LogP) is 1.23. The third kappa shape index (κ3) is 2.97. The van der Waals surface area contributed by atoms with Gasteiger partial charge in [0.25, 0.3) is 0 Å². The number of rotatable bonds is 2. The molecule has 1 aromatic heterocycles. The van der Waals surface area contributed by atoms with Gasteiger partial charge < -0.3 is 14.3 Å². The van der Waals surface area contributed by atoms with E-state index < -0.39 is 0 Å². The highest BCUT2D eigenvalue weighted by Gasteiger charge is 2.24. The Kier molecular flexibility index (Phi) is 3.63. The summed E-state index contributed by atoms with van der Waals surface area (Å²) in [5.41, 5.74) is 0. The Balaban J connectivity index is 1.86. The molecule has 6 nitrogen and oxygen atoms in total. The number of urea groups is 1. The number of amides is 2. The van der Waals surface area contributed by atoms with Gasteiger partial charge in [0, 0.05) is 19.2 Å². The lowest BCUT2D eigenvalue weighted by Crippen LogP contribution is -2.45. The van der Waals surface area contributed by atoms with Crippen LogP contribution in [-0.4, -0.2) is 54.2 Å². The average Bonchev–Trinajstić information content (AvgIpc) is 2.82. The molecule has 1 N–H and O–H groups in total. The zero-order valence-corrected chi connectivity index (χ0v) is 10.2. The molecule has 0 saturated carbocycles. The minimum atomic E-state index is -0.142. The molecule has 1 aromatic rings. The molecule has 1 saturated heterocycles. The Morgan fingerprint density at radius 2 is 2.29 bits per heavy atom. The predicted molar refractivity (Wildman–Crippen MR) is 63.8 cm³/mol. The van der Waals surface area contributed by atoms with E-state index >= 15 is 0 Å². The number of hydrogen-bond donors (Lipinski definition) is 1. The Morgan fingerprint density at radius 1 is 1.59 bits per heavy atom. The summed E-state index contributed by atoms with van der Waals surface area (Å²) in [5, 5.41) is 6.22. The molecule has 17 heavy (non-hydrogen) atoms. The Labute approximate surface area is 101 Å². The van der Waals surface area contributed by atoms with E-state index in [9.17, 15) is 4.79 Å². The van der Waals surface area contributed by atoms with Crippen LogP contribution in [0.25, 0.3) is 0 Å². The fourth-order valence-corrected chi connectivity index (χ4v) is 2.02. The first-order valence-corrected chi connectivity index (χ1v) is 5.80. The maximum atomic E-state index is 11.9. The second kappa shape index (κ2) is 5.18. The van der Waals surface area contributed by atoms with Gasteiger partial charge in [0.15, 0.2) is 0 Å². The van der Waals surface area contributed by atoms with Gasteiger partial charge in [-0.3, -0.25) is 5.32 Å². The van der Waals surface area contributed by atoms with Gasteiger partial charge in [-0.25, -0.2) is 4.79 Å². The Hall–Kier alpha value is -1.56. The van der Waals surface area contributed by atoms with Crippen LogP contribution in [0.15, 0.2) is 16.8 Å². The number of nitrogens with one attached hydrogen (secondary N) is 1. The first-order valence-electron chi connectivity index (χ1n) is 5.80. The minimum Gasteiger partial charge on any atom is -0.338 e. The molecule has 1 aliphatic rings. The van der Waals surface area contributed by atoms with Crippen molar-refractivity contribution in [3.05, 3.63) is 12.3 Å². The lowest BCUT2D eigenvalue weighted by Gasteiger charge is -2.34. The van der Waals surface area contributed by atoms with Crippen LogP contribution in [0.1, 0.15) is 12.8 Å². The van der Waals surface area contributed by atoms with Gasteiger partial charge in [-0.2, -0.15) is 0 Å². The largest absolute Gasteiger partial charge is 0.338 e. The van der Waals surface area contributed by atoms with Gasteiger partial charge in [-0.1, -0.05) is 5.16 Å². The van der Waals surface area contributed by atoms with Crippen LogP contribution in [0, 0.1) is 0 Å². The second-order valence-electron chi connectivity index (χ2n) is 4.45. The smallest absolute Gasteiger partial charge is 0.324 e. The average molecular weight is 238 g/mol. The lowest BCUT2D eigenvalue weighted by atomic mass is 10.0. The molecular weight excluding hydrogens is 220 g/mol. The van der Waals surface area contributed by atoms with E-state index in [-0.39, 0.29) is 6.03 Å². The van der Waals surface area contributed by atoms with Gasteiger partial charge in [0.2, 0.25) is 5.88 Å². The van der Waals surface area contributed by atoms with Crippen molar-refractivity contribution in [3.8, 4) is 0 Å². The van der Waals surface area contributed by atoms with Crippen LogP contribution in [0.2, 0.25) is 0 Å². The quantitative estimate of drug-likeness (QED) is 0.842. The molecule has 0 aromatic carbocycles. The normalized spacial score (nSPS) is 18.0. The van der Waals surface area contributed by atoms with Crippen molar-refractivity contribution in [2.45, 2.75) is 18.9 Å². The number of piperidine rings is 1. The number of hydrogen-bond acceptors (Lipinski definition) is 4. The Morgan fingerprint density at radius 3 is 2.88 bits per heavy atom.